The number of amides is 1. The van der Waals surface area contributed by atoms with E-state index in [2.05, 4.69) is 22.6 Å². The molecule has 2 aromatic heterocycles. The van der Waals surface area contributed by atoms with E-state index >= 15 is 0 Å². The van der Waals surface area contributed by atoms with Gasteiger partial charge in [-0.15, -0.1) is 11.3 Å². The lowest BCUT2D eigenvalue weighted by molar-refractivity contribution is -0.121. The molecule has 1 atom stereocenters. The van der Waals surface area contributed by atoms with Gasteiger partial charge in [-0.05, 0) is 31.0 Å². The lowest BCUT2D eigenvalue weighted by Gasteiger charge is -2.11. The molecule has 3 rings (SSSR count). The van der Waals surface area contributed by atoms with Crippen LogP contribution >= 0.6 is 11.3 Å². The Labute approximate surface area is 152 Å². The summed E-state index contributed by atoms with van der Waals surface area (Å²) in [6.45, 7) is 4.08. The van der Waals surface area contributed by atoms with Crippen LogP contribution in [0, 0.1) is 0 Å². The van der Waals surface area contributed by atoms with E-state index in [1.807, 2.05) is 43.3 Å². The van der Waals surface area contributed by atoms with Crippen molar-refractivity contribution >= 4 is 17.2 Å². The Morgan fingerprint density at radius 1 is 1.12 bits per heavy atom. The highest BCUT2D eigenvalue weighted by atomic mass is 32.1. The van der Waals surface area contributed by atoms with E-state index < -0.39 is 0 Å². The van der Waals surface area contributed by atoms with Gasteiger partial charge < -0.3 is 5.32 Å². The molecule has 0 bridgehead atoms. The number of carbonyl (C=O) groups excluding carboxylic acids is 1. The van der Waals surface area contributed by atoms with Gasteiger partial charge in [-0.3, -0.25) is 9.78 Å². The number of hydrogen-bond donors (Lipinski definition) is 1. The van der Waals surface area contributed by atoms with Crippen LogP contribution in [0.3, 0.4) is 0 Å². The van der Waals surface area contributed by atoms with Gasteiger partial charge in [0.25, 0.3) is 0 Å². The van der Waals surface area contributed by atoms with Crippen LogP contribution in [0.25, 0.3) is 21.8 Å². The maximum atomic E-state index is 12.0. The molecule has 1 N–H and O–H groups in total. The summed E-state index contributed by atoms with van der Waals surface area (Å²) in [5.41, 5.74) is 4.09. The third-order valence-corrected chi connectivity index (χ3v) is 4.96. The van der Waals surface area contributed by atoms with Gasteiger partial charge in [0.15, 0.2) is 0 Å². The fourth-order valence-electron chi connectivity index (χ4n) is 2.44. The Morgan fingerprint density at radius 2 is 1.84 bits per heavy atom. The monoisotopic (exact) mass is 351 g/mol. The third-order valence-electron chi connectivity index (χ3n) is 4.07. The lowest BCUT2D eigenvalue weighted by atomic mass is 10.1. The SMILES string of the molecule is CC[C@@H](C)NC(=O)Cc1ccc(-c2csc(-c3ccncc3)n2)cc1. The van der Waals surface area contributed by atoms with E-state index in [0.717, 1.165) is 33.8 Å². The minimum Gasteiger partial charge on any atom is -0.353 e. The predicted octanol–water partition coefficient (Wildman–Crippen LogP) is 4.33. The summed E-state index contributed by atoms with van der Waals surface area (Å²) >= 11 is 1.62. The van der Waals surface area contributed by atoms with Crippen molar-refractivity contribution in [3.63, 3.8) is 0 Å². The number of hydrogen-bond acceptors (Lipinski definition) is 4. The van der Waals surface area contributed by atoms with E-state index in [-0.39, 0.29) is 11.9 Å². The second-order valence-electron chi connectivity index (χ2n) is 6.02. The van der Waals surface area contributed by atoms with Crippen LogP contribution in [0.15, 0.2) is 54.2 Å². The first kappa shape index (κ1) is 17.3. The number of aromatic nitrogens is 2. The third kappa shape index (κ3) is 4.51. The predicted molar refractivity (Wildman–Crippen MR) is 102 cm³/mol. The fourth-order valence-corrected chi connectivity index (χ4v) is 3.28. The molecule has 0 aliphatic heterocycles. The second kappa shape index (κ2) is 8.03. The van der Waals surface area contributed by atoms with Crippen LogP contribution in [0.4, 0.5) is 0 Å². The molecule has 0 unspecified atom stereocenters. The van der Waals surface area contributed by atoms with E-state index in [0.29, 0.717) is 6.42 Å². The summed E-state index contributed by atoms with van der Waals surface area (Å²) in [7, 11) is 0. The number of nitrogens with one attached hydrogen (secondary N) is 1. The first-order valence-electron chi connectivity index (χ1n) is 8.40. The zero-order valence-electron chi connectivity index (χ0n) is 14.4. The Balaban J connectivity index is 1.69. The summed E-state index contributed by atoms with van der Waals surface area (Å²) in [6.07, 6.45) is 4.89. The summed E-state index contributed by atoms with van der Waals surface area (Å²) < 4.78 is 0. The van der Waals surface area contributed by atoms with Gasteiger partial charge in [-0.2, -0.15) is 0 Å². The fraction of sp³-hybridized carbons (Fsp3) is 0.250. The Kier molecular flexibility index (Phi) is 5.56. The van der Waals surface area contributed by atoms with Gasteiger partial charge in [0.1, 0.15) is 5.01 Å². The van der Waals surface area contributed by atoms with Crippen molar-refractivity contribution in [1.82, 2.24) is 15.3 Å². The second-order valence-corrected chi connectivity index (χ2v) is 6.88. The zero-order chi connectivity index (χ0) is 17.6. The molecule has 2 heterocycles. The van der Waals surface area contributed by atoms with E-state index in [9.17, 15) is 4.79 Å². The van der Waals surface area contributed by atoms with Gasteiger partial charge >= 0.3 is 0 Å². The molecule has 0 fully saturated rings. The lowest BCUT2D eigenvalue weighted by Crippen LogP contribution is -2.33. The van der Waals surface area contributed by atoms with Crippen molar-refractivity contribution in [2.45, 2.75) is 32.7 Å². The Hall–Kier alpha value is -2.53. The highest BCUT2D eigenvalue weighted by molar-refractivity contribution is 7.13. The summed E-state index contributed by atoms with van der Waals surface area (Å²) in [6, 6.07) is 12.2. The highest BCUT2D eigenvalue weighted by Gasteiger charge is 2.09. The average Bonchev–Trinajstić information content (AvgIpc) is 3.13. The number of benzene rings is 1. The van der Waals surface area contributed by atoms with Crippen molar-refractivity contribution in [2.75, 3.05) is 0 Å². The van der Waals surface area contributed by atoms with Crippen LogP contribution < -0.4 is 5.32 Å². The minimum atomic E-state index is 0.0655. The van der Waals surface area contributed by atoms with Gasteiger partial charge in [0, 0.05) is 34.9 Å². The van der Waals surface area contributed by atoms with Crippen molar-refractivity contribution in [3.05, 3.63) is 59.7 Å². The van der Waals surface area contributed by atoms with Crippen molar-refractivity contribution in [3.8, 4) is 21.8 Å². The van der Waals surface area contributed by atoms with E-state index in [4.69, 9.17) is 4.98 Å². The largest absolute Gasteiger partial charge is 0.353 e. The number of pyridine rings is 1. The standard InChI is InChI=1S/C20H21N3OS/c1-3-14(2)22-19(24)12-15-4-6-16(7-5-15)18-13-25-20(23-18)17-8-10-21-11-9-17/h4-11,13-14H,3,12H2,1-2H3,(H,22,24)/t14-/m1/s1. The van der Waals surface area contributed by atoms with Gasteiger partial charge in [0.05, 0.1) is 12.1 Å². The van der Waals surface area contributed by atoms with Gasteiger partial charge in [-0.25, -0.2) is 4.98 Å². The number of thiazole rings is 1. The molecule has 25 heavy (non-hydrogen) atoms. The smallest absolute Gasteiger partial charge is 0.224 e. The zero-order valence-corrected chi connectivity index (χ0v) is 15.2. The Morgan fingerprint density at radius 3 is 2.52 bits per heavy atom. The number of carbonyl (C=O) groups is 1. The Bertz CT molecular complexity index is 828. The molecule has 0 saturated carbocycles. The molecule has 1 aromatic carbocycles. The molecule has 5 heteroatoms. The number of rotatable bonds is 6. The molecule has 0 aliphatic rings. The van der Waals surface area contributed by atoms with Gasteiger partial charge in [0.2, 0.25) is 5.91 Å². The van der Waals surface area contributed by atoms with Gasteiger partial charge in [-0.1, -0.05) is 31.2 Å². The molecule has 3 aromatic rings. The molecule has 1 amide bonds. The molecule has 0 aliphatic carbocycles. The molecule has 0 spiro atoms. The summed E-state index contributed by atoms with van der Waals surface area (Å²) in [4.78, 5) is 20.7. The molecule has 4 nitrogen and oxygen atoms in total. The summed E-state index contributed by atoms with van der Waals surface area (Å²) in [5.74, 6) is 0.0655. The first-order chi connectivity index (χ1) is 12.2. The maximum absolute atomic E-state index is 12.0. The summed E-state index contributed by atoms with van der Waals surface area (Å²) in [5, 5.41) is 6.03. The molecule has 0 saturated heterocycles. The van der Waals surface area contributed by atoms with Crippen LogP contribution in [-0.4, -0.2) is 21.9 Å². The first-order valence-corrected chi connectivity index (χ1v) is 9.28. The maximum Gasteiger partial charge on any atom is 0.224 e. The van der Waals surface area contributed by atoms with Crippen LogP contribution in [-0.2, 0) is 11.2 Å². The van der Waals surface area contributed by atoms with Crippen molar-refractivity contribution in [1.29, 1.82) is 0 Å². The van der Waals surface area contributed by atoms with E-state index in [1.165, 1.54) is 0 Å². The normalized spacial score (nSPS) is 11.9. The topological polar surface area (TPSA) is 54.9 Å². The van der Waals surface area contributed by atoms with Crippen LogP contribution in [0.5, 0.6) is 0 Å². The quantitative estimate of drug-likeness (QED) is 0.719. The highest BCUT2D eigenvalue weighted by Crippen LogP contribution is 2.28. The minimum absolute atomic E-state index is 0.0655. The number of nitrogens with zero attached hydrogens (tertiary/aromatic N) is 2. The van der Waals surface area contributed by atoms with Crippen LogP contribution in [0.2, 0.25) is 0 Å². The molecular formula is C20H21N3OS. The molecule has 0 radical (unpaired) electrons. The van der Waals surface area contributed by atoms with Crippen molar-refractivity contribution < 1.29 is 4.79 Å². The molecule has 128 valence electrons. The average molecular weight is 351 g/mol. The van der Waals surface area contributed by atoms with Crippen molar-refractivity contribution in [2.24, 2.45) is 0 Å². The van der Waals surface area contributed by atoms with E-state index in [1.54, 1.807) is 23.7 Å². The van der Waals surface area contributed by atoms with Crippen LogP contribution in [0.1, 0.15) is 25.8 Å². The molecular weight excluding hydrogens is 330 g/mol.